The number of sulfonamides is 1. The van der Waals surface area contributed by atoms with Gasteiger partial charge < -0.3 is 4.74 Å². The number of benzene rings is 1. The van der Waals surface area contributed by atoms with Gasteiger partial charge in [0.05, 0.1) is 11.1 Å². The van der Waals surface area contributed by atoms with Gasteiger partial charge in [0, 0.05) is 18.4 Å². The second kappa shape index (κ2) is 7.94. The van der Waals surface area contributed by atoms with Crippen molar-refractivity contribution in [2.45, 2.75) is 68.9 Å². The first-order valence-corrected chi connectivity index (χ1v) is 10.8. The summed E-state index contributed by atoms with van der Waals surface area (Å²) in [5, 5.41) is 0. The lowest BCUT2D eigenvalue weighted by atomic mass is 9.87. The van der Waals surface area contributed by atoms with Crippen molar-refractivity contribution in [2.24, 2.45) is 0 Å². The summed E-state index contributed by atoms with van der Waals surface area (Å²) >= 11 is 0. The number of nitrogens with one attached hydrogen (secondary N) is 1. The van der Waals surface area contributed by atoms with Crippen molar-refractivity contribution in [1.82, 2.24) is 14.7 Å². The molecule has 1 aliphatic carbocycles. The highest BCUT2D eigenvalue weighted by Gasteiger charge is 2.27. The first-order valence-electron chi connectivity index (χ1n) is 9.29. The minimum Gasteiger partial charge on any atom is -0.473 e. The first-order chi connectivity index (χ1) is 12.7. The number of ether oxygens (including phenoxy) is 1. The number of rotatable bonds is 5. The van der Waals surface area contributed by atoms with Crippen molar-refractivity contribution in [3.05, 3.63) is 48.4 Å². The van der Waals surface area contributed by atoms with Crippen LogP contribution >= 0.6 is 0 Å². The molecular weight excluding hydrogens is 362 g/mol. The Labute approximate surface area is 161 Å². The Morgan fingerprint density at radius 2 is 1.70 bits per heavy atom. The third-order valence-electron chi connectivity index (χ3n) is 4.85. The molecule has 1 fully saturated rings. The maximum Gasteiger partial charge on any atom is 0.240 e. The lowest BCUT2D eigenvalue weighted by Gasteiger charge is -2.29. The lowest BCUT2D eigenvalue weighted by molar-refractivity contribution is 0.138. The minimum absolute atomic E-state index is 0.00274. The van der Waals surface area contributed by atoms with Gasteiger partial charge >= 0.3 is 0 Å². The molecule has 0 atom stereocenters. The maximum absolute atomic E-state index is 12.7. The molecule has 0 spiro atoms. The van der Waals surface area contributed by atoms with Crippen molar-refractivity contribution >= 4 is 10.0 Å². The Bertz CT molecular complexity index is 838. The highest BCUT2D eigenvalue weighted by molar-refractivity contribution is 7.89. The standard InChI is InChI=1S/C20H27N3O3S/c1-20(2,3)15-4-10-18(11-5-15)27(24,25)23-16-6-8-17(9-7-16)26-19-14-21-12-13-22-19/h4-5,10-14,16-17,23H,6-9H2,1-3H3. The van der Waals surface area contributed by atoms with Crippen LogP contribution in [-0.2, 0) is 15.4 Å². The van der Waals surface area contributed by atoms with Crippen molar-refractivity contribution < 1.29 is 13.2 Å². The molecular formula is C20H27N3O3S. The highest BCUT2D eigenvalue weighted by Crippen LogP contribution is 2.26. The molecule has 1 aromatic carbocycles. The molecule has 1 saturated carbocycles. The molecule has 3 rings (SSSR count). The summed E-state index contributed by atoms with van der Waals surface area (Å²) in [6, 6.07) is 7.08. The molecule has 146 valence electrons. The average molecular weight is 390 g/mol. The van der Waals surface area contributed by atoms with E-state index < -0.39 is 10.0 Å². The van der Waals surface area contributed by atoms with Crippen molar-refractivity contribution in [2.75, 3.05) is 0 Å². The molecule has 27 heavy (non-hydrogen) atoms. The summed E-state index contributed by atoms with van der Waals surface area (Å²) < 4.78 is 34.0. The van der Waals surface area contributed by atoms with Crippen LogP contribution in [0.3, 0.4) is 0 Å². The van der Waals surface area contributed by atoms with E-state index in [1.54, 1.807) is 30.7 Å². The Morgan fingerprint density at radius 1 is 1.04 bits per heavy atom. The smallest absolute Gasteiger partial charge is 0.240 e. The van der Waals surface area contributed by atoms with E-state index in [0.29, 0.717) is 10.8 Å². The molecule has 1 heterocycles. The third-order valence-corrected chi connectivity index (χ3v) is 6.39. The van der Waals surface area contributed by atoms with Gasteiger partial charge in [-0.25, -0.2) is 18.1 Å². The zero-order chi connectivity index (χ0) is 19.5. The third kappa shape index (κ3) is 5.26. The van der Waals surface area contributed by atoms with Crippen LogP contribution in [0.25, 0.3) is 0 Å². The summed E-state index contributed by atoms with van der Waals surface area (Å²) in [4.78, 5) is 8.42. The SMILES string of the molecule is CC(C)(C)c1ccc(S(=O)(=O)NC2CCC(Oc3cnccn3)CC2)cc1. The predicted octanol–water partition coefficient (Wildman–Crippen LogP) is 3.44. The number of hydrogen-bond donors (Lipinski definition) is 1. The Kier molecular flexibility index (Phi) is 5.81. The monoisotopic (exact) mass is 389 g/mol. The lowest BCUT2D eigenvalue weighted by Crippen LogP contribution is -2.39. The molecule has 0 saturated heterocycles. The van der Waals surface area contributed by atoms with Crippen LogP contribution in [0, 0.1) is 0 Å². The van der Waals surface area contributed by atoms with Crippen molar-refractivity contribution in [1.29, 1.82) is 0 Å². The van der Waals surface area contributed by atoms with Gasteiger partial charge in [0.25, 0.3) is 0 Å². The van der Waals surface area contributed by atoms with E-state index in [1.807, 2.05) is 12.1 Å². The van der Waals surface area contributed by atoms with Gasteiger partial charge in [0.1, 0.15) is 6.10 Å². The summed E-state index contributed by atoms with van der Waals surface area (Å²) in [6.07, 6.45) is 7.89. The van der Waals surface area contributed by atoms with E-state index in [-0.39, 0.29) is 17.6 Å². The van der Waals surface area contributed by atoms with Crippen LogP contribution in [0.4, 0.5) is 0 Å². The Balaban J connectivity index is 1.56. The molecule has 0 unspecified atom stereocenters. The largest absolute Gasteiger partial charge is 0.473 e. The molecule has 2 aromatic rings. The molecule has 0 radical (unpaired) electrons. The van der Waals surface area contributed by atoms with Crippen LogP contribution in [0.15, 0.2) is 47.8 Å². The van der Waals surface area contributed by atoms with Gasteiger partial charge in [-0.1, -0.05) is 32.9 Å². The van der Waals surface area contributed by atoms with E-state index in [9.17, 15) is 8.42 Å². The Hall–Kier alpha value is -1.99. The van der Waals surface area contributed by atoms with E-state index in [4.69, 9.17) is 4.74 Å². The molecule has 1 N–H and O–H groups in total. The van der Waals surface area contributed by atoms with Gasteiger partial charge in [0.15, 0.2) is 0 Å². The molecule has 0 amide bonds. The van der Waals surface area contributed by atoms with Gasteiger partial charge in [-0.05, 0) is 48.8 Å². The fourth-order valence-electron chi connectivity index (χ4n) is 3.24. The highest BCUT2D eigenvalue weighted by atomic mass is 32.2. The first kappa shape index (κ1) is 19.8. The zero-order valence-corrected chi connectivity index (χ0v) is 16.9. The van der Waals surface area contributed by atoms with Crippen molar-refractivity contribution in [3.63, 3.8) is 0 Å². The van der Waals surface area contributed by atoms with E-state index in [1.165, 1.54) is 0 Å². The van der Waals surface area contributed by atoms with Crippen LogP contribution in [-0.4, -0.2) is 30.5 Å². The van der Waals surface area contributed by atoms with E-state index in [0.717, 1.165) is 31.2 Å². The maximum atomic E-state index is 12.7. The molecule has 1 aliphatic rings. The quantitative estimate of drug-likeness (QED) is 0.847. The number of nitrogens with zero attached hydrogens (tertiary/aromatic N) is 2. The second-order valence-electron chi connectivity index (χ2n) is 8.03. The van der Waals surface area contributed by atoms with Crippen LogP contribution in [0.5, 0.6) is 5.88 Å². The fraction of sp³-hybridized carbons (Fsp3) is 0.500. The average Bonchev–Trinajstić information content (AvgIpc) is 2.63. The van der Waals surface area contributed by atoms with E-state index >= 15 is 0 Å². The van der Waals surface area contributed by atoms with E-state index in [2.05, 4.69) is 35.5 Å². The van der Waals surface area contributed by atoms with Gasteiger partial charge in [-0.3, -0.25) is 4.98 Å². The predicted molar refractivity (Wildman–Crippen MR) is 104 cm³/mol. The van der Waals surface area contributed by atoms with Gasteiger partial charge in [-0.15, -0.1) is 0 Å². The molecule has 0 bridgehead atoms. The normalized spacial score (nSPS) is 21.0. The fourth-order valence-corrected chi connectivity index (χ4v) is 4.54. The summed E-state index contributed by atoms with van der Waals surface area (Å²) in [5.74, 6) is 0.514. The van der Waals surface area contributed by atoms with Crippen LogP contribution < -0.4 is 9.46 Å². The minimum atomic E-state index is -3.51. The molecule has 0 aliphatic heterocycles. The zero-order valence-electron chi connectivity index (χ0n) is 16.1. The molecule has 1 aromatic heterocycles. The molecule has 7 heteroatoms. The number of aromatic nitrogens is 2. The van der Waals surface area contributed by atoms with Crippen LogP contribution in [0.1, 0.15) is 52.0 Å². The van der Waals surface area contributed by atoms with Gasteiger partial charge in [-0.2, -0.15) is 0 Å². The summed E-state index contributed by atoms with van der Waals surface area (Å²) in [6.45, 7) is 6.32. The number of hydrogen-bond acceptors (Lipinski definition) is 5. The topological polar surface area (TPSA) is 81.2 Å². The molecule has 6 nitrogen and oxygen atoms in total. The second-order valence-corrected chi connectivity index (χ2v) is 9.74. The summed E-state index contributed by atoms with van der Waals surface area (Å²) in [7, 11) is -3.51. The Morgan fingerprint density at radius 3 is 2.26 bits per heavy atom. The summed E-state index contributed by atoms with van der Waals surface area (Å²) in [5.41, 5.74) is 1.11. The van der Waals surface area contributed by atoms with Crippen molar-refractivity contribution in [3.8, 4) is 5.88 Å². The van der Waals surface area contributed by atoms with Gasteiger partial charge in [0.2, 0.25) is 15.9 Å². The van der Waals surface area contributed by atoms with Crippen LogP contribution in [0.2, 0.25) is 0 Å².